The summed E-state index contributed by atoms with van der Waals surface area (Å²) in [6.07, 6.45) is -2.85. The van der Waals surface area contributed by atoms with Crippen molar-refractivity contribution in [2.24, 2.45) is 0 Å². The lowest BCUT2D eigenvalue weighted by Crippen LogP contribution is -2.33. The van der Waals surface area contributed by atoms with Gasteiger partial charge in [0.2, 0.25) is 0 Å². The van der Waals surface area contributed by atoms with Gasteiger partial charge in [-0.1, -0.05) is 0 Å². The second kappa shape index (κ2) is 9.27. The third-order valence-electron chi connectivity index (χ3n) is 3.82. The molecule has 21 heteroatoms. The standard InChI is InChI=1S/C10H16N5O10P3S3/c11-8-5-9(13-2-12-8)15(3-14-5)10-7(17)6(16)4(23-10)1-22-27(20,30)25-28(21,31)24-26(18,19)29/h2-4,6-7,10,16-17H,1H2,(H,20,30)(H,21,31)(H2,11,12,13)(H2,18,19,29)/t4-,6-,7-,10-,27?,28?/m1/s1. The van der Waals surface area contributed by atoms with Crippen LogP contribution in [-0.2, 0) is 53.3 Å². The molecule has 31 heavy (non-hydrogen) atoms. The number of ether oxygens (including phenoxy) is 1. The average molecular weight is 555 g/mol. The number of aromatic nitrogens is 4. The molecule has 6 atom stereocenters. The molecule has 1 aliphatic heterocycles. The normalized spacial score (nSPS) is 28.5. The molecule has 0 bridgehead atoms. The van der Waals surface area contributed by atoms with Crippen LogP contribution in [0.2, 0.25) is 0 Å². The molecule has 1 fully saturated rings. The Bertz CT molecular complexity index is 1110. The first-order chi connectivity index (χ1) is 14.2. The molecule has 0 saturated carbocycles. The van der Waals surface area contributed by atoms with Crippen molar-refractivity contribution in [3.05, 3.63) is 12.7 Å². The number of aliphatic hydroxyl groups is 2. The summed E-state index contributed by atoms with van der Waals surface area (Å²) in [6.45, 7) is -13.8. The highest BCUT2D eigenvalue weighted by Crippen LogP contribution is 2.66. The lowest BCUT2D eigenvalue weighted by Gasteiger charge is -2.24. The average Bonchev–Trinajstić information content (AvgIpc) is 3.13. The van der Waals surface area contributed by atoms with Gasteiger partial charge in [0.05, 0.1) is 12.9 Å². The SMILES string of the molecule is Nc1ncnc2c1ncn2[C@@H]1O[C@H](COP(O)(=S)OP(O)(=S)OP(O)(O)=S)[C@@H](O)[C@H]1O. The molecule has 174 valence electrons. The van der Waals surface area contributed by atoms with E-state index in [1.54, 1.807) is 0 Å². The van der Waals surface area contributed by atoms with E-state index < -0.39 is 51.3 Å². The molecule has 2 aromatic rings. The van der Waals surface area contributed by atoms with Gasteiger partial charge in [0.1, 0.15) is 30.2 Å². The lowest BCUT2D eigenvalue weighted by atomic mass is 10.1. The highest BCUT2D eigenvalue weighted by Gasteiger charge is 2.45. The maximum atomic E-state index is 10.4. The minimum absolute atomic E-state index is 0.105. The number of fused-ring (bicyclic) bond motifs is 1. The van der Waals surface area contributed by atoms with Gasteiger partial charge < -0.3 is 44.8 Å². The summed E-state index contributed by atoms with van der Waals surface area (Å²) in [7, 11) is 0. The van der Waals surface area contributed by atoms with Gasteiger partial charge in [-0.2, -0.15) is 0 Å². The second-order valence-electron chi connectivity index (χ2n) is 6.02. The zero-order valence-electron chi connectivity index (χ0n) is 14.9. The molecule has 3 heterocycles. The largest absolute Gasteiger partial charge is 0.387 e. The number of anilines is 1. The molecule has 8 N–H and O–H groups in total. The van der Waals surface area contributed by atoms with Gasteiger partial charge in [-0.3, -0.25) is 4.57 Å². The van der Waals surface area contributed by atoms with Gasteiger partial charge in [-0.15, -0.1) is 0 Å². The van der Waals surface area contributed by atoms with Crippen LogP contribution in [0, 0.1) is 0 Å². The van der Waals surface area contributed by atoms with Crippen LogP contribution in [0.25, 0.3) is 11.2 Å². The van der Waals surface area contributed by atoms with Crippen LogP contribution in [0.1, 0.15) is 6.23 Å². The van der Waals surface area contributed by atoms with Gasteiger partial charge in [-0.25, -0.2) is 23.6 Å². The fourth-order valence-corrected chi connectivity index (χ4v) is 9.87. The predicted octanol–water partition coefficient (Wildman–Crippen LogP) is -1.28. The van der Waals surface area contributed by atoms with Crippen molar-refractivity contribution >= 4 is 72.6 Å². The number of rotatable bonds is 8. The first kappa shape index (κ1) is 25.5. The molecule has 1 saturated heterocycles. The number of hydrogen-bond acceptors (Lipinski definition) is 13. The van der Waals surface area contributed by atoms with Crippen LogP contribution in [-0.4, -0.2) is 74.2 Å². The molecule has 2 aromatic heterocycles. The van der Waals surface area contributed by atoms with E-state index in [0.29, 0.717) is 0 Å². The molecule has 3 rings (SSSR count). The predicted molar refractivity (Wildman–Crippen MR) is 116 cm³/mol. The van der Waals surface area contributed by atoms with E-state index >= 15 is 0 Å². The van der Waals surface area contributed by atoms with E-state index in [9.17, 15) is 20.0 Å². The lowest BCUT2D eigenvalue weighted by molar-refractivity contribution is -0.0485. The Morgan fingerprint density at radius 1 is 1.03 bits per heavy atom. The number of hydrogen-bond donors (Lipinski definition) is 7. The van der Waals surface area contributed by atoms with E-state index in [2.05, 4.69) is 59.0 Å². The van der Waals surface area contributed by atoms with Gasteiger partial charge in [0, 0.05) is 0 Å². The summed E-state index contributed by atoms with van der Waals surface area (Å²) >= 11 is 13.3. The molecule has 0 radical (unpaired) electrons. The molecular weight excluding hydrogens is 539 g/mol. The third-order valence-corrected chi connectivity index (χ3v) is 10.3. The minimum atomic E-state index is -4.45. The topological polar surface area (TPSA) is 228 Å². The van der Waals surface area contributed by atoms with E-state index in [0.717, 1.165) is 0 Å². The van der Waals surface area contributed by atoms with Crippen molar-refractivity contribution in [2.75, 3.05) is 12.3 Å². The van der Waals surface area contributed by atoms with E-state index in [1.165, 1.54) is 17.2 Å². The van der Waals surface area contributed by atoms with Gasteiger partial charge in [0.25, 0.3) is 0 Å². The van der Waals surface area contributed by atoms with Crippen molar-refractivity contribution in [2.45, 2.75) is 24.5 Å². The summed E-state index contributed by atoms with van der Waals surface area (Å²) in [5.41, 5.74) is 6.22. The Kier molecular flexibility index (Phi) is 7.63. The summed E-state index contributed by atoms with van der Waals surface area (Å²) in [4.78, 5) is 49.8. The van der Waals surface area contributed by atoms with Crippen LogP contribution >= 0.6 is 20.2 Å². The molecule has 0 aliphatic carbocycles. The van der Waals surface area contributed by atoms with Crippen molar-refractivity contribution in [3.8, 4) is 0 Å². The minimum Gasteiger partial charge on any atom is -0.387 e. The maximum Gasteiger partial charge on any atom is 0.339 e. The molecule has 0 spiro atoms. The van der Waals surface area contributed by atoms with Crippen LogP contribution in [0.15, 0.2) is 12.7 Å². The summed E-state index contributed by atoms with van der Waals surface area (Å²) in [5, 5.41) is 20.7. The van der Waals surface area contributed by atoms with Gasteiger partial charge in [-0.05, 0) is 35.4 Å². The number of nitrogen functional groups attached to an aromatic ring is 1. The van der Waals surface area contributed by atoms with Crippen molar-refractivity contribution in [1.82, 2.24) is 19.5 Å². The maximum absolute atomic E-state index is 10.4. The quantitative estimate of drug-likeness (QED) is 0.188. The van der Waals surface area contributed by atoms with E-state index in [4.69, 9.17) is 24.8 Å². The van der Waals surface area contributed by atoms with Crippen molar-refractivity contribution in [3.63, 3.8) is 0 Å². The Morgan fingerprint density at radius 3 is 2.35 bits per heavy atom. The number of nitrogens with two attached hydrogens (primary N) is 1. The Hall–Kier alpha value is -0.100. The van der Waals surface area contributed by atoms with E-state index in [1.807, 2.05) is 0 Å². The van der Waals surface area contributed by atoms with Crippen molar-refractivity contribution < 1.29 is 47.7 Å². The molecule has 1 aliphatic rings. The van der Waals surface area contributed by atoms with Crippen LogP contribution in [0.4, 0.5) is 5.82 Å². The molecular formula is C10H16N5O10P3S3. The molecule has 15 nitrogen and oxygen atoms in total. The number of imidazole rings is 1. The molecule has 0 aromatic carbocycles. The highest BCUT2D eigenvalue weighted by atomic mass is 32.5. The zero-order valence-corrected chi connectivity index (χ0v) is 20.1. The van der Waals surface area contributed by atoms with Crippen LogP contribution in [0.3, 0.4) is 0 Å². The summed E-state index contributed by atoms with van der Waals surface area (Å²) < 4.78 is 20.7. The van der Waals surface area contributed by atoms with Crippen LogP contribution < -0.4 is 5.73 Å². The van der Waals surface area contributed by atoms with Gasteiger partial charge >= 0.3 is 20.2 Å². The zero-order chi connectivity index (χ0) is 23.2. The summed E-state index contributed by atoms with van der Waals surface area (Å²) in [6, 6.07) is 0. The summed E-state index contributed by atoms with van der Waals surface area (Å²) in [5.74, 6) is 0.105. The smallest absolute Gasteiger partial charge is 0.339 e. The first-order valence-electron chi connectivity index (χ1n) is 7.92. The molecule has 0 amide bonds. The first-order valence-corrected chi connectivity index (χ1v) is 15.7. The van der Waals surface area contributed by atoms with E-state index in [-0.39, 0.29) is 17.0 Å². The Balaban J connectivity index is 1.69. The Morgan fingerprint density at radius 2 is 1.71 bits per heavy atom. The fourth-order valence-electron chi connectivity index (χ4n) is 2.62. The Labute approximate surface area is 189 Å². The van der Waals surface area contributed by atoms with Crippen molar-refractivity contribution in [1.29, 1.82) is 0 Å². The third kappa shape index (κ3) is 6.28. The monoisotopic (exact) mass is 555 g/mol. The molecule has 2 unspecified atom stereocenters. The highest BCUT2D eigenvalue weighted by molar-refractivity contribution is 8.17. The van der Waals surface area contributed by atoms with Gasteiger partial charge in [0.15, 0.2) is 17.7 Å². The second-order valence-corrected chi connectivity index (χ2v) is 14.6. The number of nitrogens with zero attached hydrogens (tertiary/aromatic N) is 4. The fraction of sp³-hybridized carbons (Fsp3) is 0.500. The van der Waals surface area contributed by atoms with Crippen LogP contribution in [0.5, 0.6) is 0 Å². The number of aliphatic hydroxyl groups excluding tert-OH is 2.